The van der Waals surface area contributed by atoms with Crippen LogP contribution in [-0.4, -0.2) is 50.0 Å². The molecular formula is C31H32N2O8S. The fourth-order valence-corrected chi connectivity index (χ4v) is 5.44. The number of rotatable bonds is 12. The Bertz CT molecular complexity index is 1700. The molecule has 10 nitrogen and oxygen atoms in total. The van der Waals surface area contributed by atoms with Crippen molar-refractivity contribution in [1.29, 1.82) is 0 Å². The lowest BCUT2D eigenvalue weighted by molar-refractivity contribution is -0.143. The number of methoxy groups -OCH3 is 1. The van der Waals surface area contributed by atoms with E-state index in [0.29, 0.717) is 56.6 Å². The summed E-state index contributed by atoms with van der Waals surface area (Å²) in [7, 11) is 1.27. The maximum Gasteiger partial charge on any atom is 0.343 e. The number of benzene rings is 2. The summed E-state index contributed by atoms with van der Waals surface area (Å²) in [6.07, 6.45) is 3.39. The van der Waals surface area contributed by atoms with Gasteiger partial charge in [-0.05, 0) is 50.6 Å². The molecule has 0 amide bonds. The molecule has 0 N–H and O–H groups in total. The van der Waals surface area contributed by atoms with Gasteiger partial charge in [-0.15, -0.1) is 0 Å². The maximum atomic E-state index is 14.0. The number of thiazole rings is 1. The van der Waals surface area contributed by atoms with E-state index in [2.05, 4.69) is 16.3 Å². The Morgan fingerprint density at radius 1 is 1.05 bits per heavy atom. The molecule has 0 saturated heterocycles. The van der Waals surface area contributed by atoms with Gasteiger partial charge in [-0.2, -0.15) is 0 Å². The minimum absolute atomic E-state index is 0.152. The molecule has 1 aliphatic rings. The van der Waals surface area contributed by atoms with Gasteiger partial charge in [0.15, 0.2) is 22.9 Å². The van der Waals surface area contributed by atoms with E-state index < -0.39 is 18.0 Å². The van der Waals surface area contributed by atoms with E-state index in [1.807, 2.05) is 31.2 Å². The Morgan fingerprint density at radius 3 is 2.55 bits per heavy atom. The first-order valence-electron chi connectivity index (χ1n) is 13.3. The van der Waals surface area contributed by atoms with Gasteiger partial charge in [-0.3, -0.25) is 9.36 Å². The predicted molar refractivity (Wildman–Crippen MR) is 158 cm³/mol. The smallest absolute Gasteiger partial charge is 0.343 e. The Balaban J connectivity index is 1.90. The fourth-order valence-electron chi connectivity index (χ4n) is 4.41. The van der Waals surface area contributed by atoms with Gasteiger partial charge >= 0.3 is 11.9 Å². The maximum absolute atomic E-state index is 14.0. The number of nitrogens with zero attached hydrogens (tertiary/aromatic N) is 2. The quantitative estimate of drug-likeness (QED) is 0.233. The SMILES string of the molecule is C=CCOc1ccccc1/C=c1\sc2n(c1=O)[C@@H](c1ccc(OCC(=O)OC)c(OCC)c1)C(C(=O)OCC)=C(C)N=2. The zero-order chi connectivity index (χ0) is 30.2. The lowest BCUT2D eigenvalue weighted by Crippen LogP contribution is -2.40. The second-order valence-corrected chi connectivity index (χ2v) is 9.95. The number of carbonyl (C=O) groups is 2. The monoisotopic (exact) mass is 592 g/mol. The van der Waals surface area contributed by atoms with Gasteiger partial charge in [0.2, 0.25) is 0 Å². The topological polar surface area (TPSA) is 115 Å². The van der Waals surface area contributed by atoms with E-state index in [1.165, 1.54) is 23.0 Å². The molecule has 0 fully saturated rings. The van der Waals surface area contributed by atoms with Crippen molar-refractivity contribution in [2.75, 3.05) is 33.5 Å². The van der Waals surface area contributed by atoms with Crippen LogP contribution in [0.5, 0.6) is 17.2 Å². The first-order chi connectivity index (χ1) is 20.3. The summed E-state index contributed by atoms with van der Waals surface area (Å²) in [5.74, 6) is 0.130. The van der Waals surface area contributed by atoms with Crippen LogP contribution in [0.2, 0.25) is 0 Å². The number of ether oxygens (including phenoxy) is 5. The molecule has 1 aromatic heterocycles. The number of carbonyl (C=O) groups excluding carboxylic acids is 2. The third kappa shape index (κ3) is 6.46. The van der Waals surface area contributed by atoms with E-state index >= 15 is 0 Å². The van der Waals surface area contributed by atoms with Crippen molar-refractivity contribution in [2.24, 2.45) is 4.99 Å². The standard InChI is InChI=1S/C31H32N2O8S/c1-6-15-40-22-12-10-9-11-20(22)17-25-29(35)33-28(27(30(36)39-8-3)19(4)32-31(33)42-25)21-13-14-23(24(16-21)38-7-2)41-18-26(34)37-5/h6,9-14,16-17,28H,1,7-8,15,18H2,2-5H3/b25-17-/t28-/m0/s1. The molecule has 0 spiro atoms. The van der Waals surface area contributed by atoms with Crippen molar-refractivity contribution in [3.8, 4) is 17.2 Å². The molecule has 220 valence electrons. The number of aromatic nitrogens is 1. The first kappa shape index (κ1) is 30.3. The number of para-hydroxylation sites is 1. The molecule has 11 heteroatoms. The average molecular weight is 593 g/mol. The minimum atomic E-state index is -0.858. The Labute approximate surface area is 246 Å². The van der Waals surface area contributed by atoms with Crippen LogP contribution in [-0.2, 0) is 19.1 Å². The summed E-state index contributed by atoms with van der Waals surface area (Å²) in [4.78, 5) is 44.0. The van der Waals surface area contributed by atoms with Crippen molar-refractivity contribution in [1.82, 2.24) is 4.57 Å². The highest BCUT2D eigenvalue weighted by Gasteiger charge is 2.34. The summed E-state index contributed by atoms with van der Waals surface area (Å²) in [6, 6.07) is 11.5. The van der Waals surface area contributed by atoms with Gasteiger partial charge in [0.1, 0.15) is 12.4 Å². The number of esters is 2. The van der Waals surface area contributed by atoms with Gasteiger partial charge in [-0.1, -0.05) is 48.3 Å². The number of fused-ring (bicyclic) bond motifs is 1. The number of hydrogen-bond donors (Lipinski definition) is 0. The second-order valence-electron chi connectivity index (χ2n) is 8.94. The van der Waals surface area contributed by atoms with Crippen LogP contribution >= 0.6 is 11.3 Å². The second kappa shape index (κ2) is 13.8. The highest BCUT2D eigenvalue weighted by Crippen LogP contribution is 2.36. The summed E-state index contributed by atoms with van der Waals surface area (Å²) < 4.78 is 29.1. The Morgan fingerprint density at radius 2 is 1.83 bits per heavy atom. The van der Waals surface area contributed by atoms with E-state index in [1.54, 1.807) is 44.2 Å². The molecule has 1 aliphatic heterocycles. The lowest BCUT2D eigenvalue weighted by Gasteiger charge is -2.25. The highest BCUT2D eigenvalue weighted by atomic mass is 32.1. The highest BCUT2D eigenvalue weighted by molar-refractivity contribution is 7.07. The van der Waals surface area contributed by atoms with Gasteiger partial charge in [0.25, 0.3) is 5.56 Å². The molecule has 42 heavy (non-hydrogen) atoms. The molecule has 2 aromatic carbocycles. The summed E-state index contributed by atoms with van der Waals surface area (Å²) in [6.45, 7) is 9.40. The molecule has 2 heterocycles. The third-order valence-corrected chi connectivity index (χ3v) is 7.22. The molecule has 0 saturated carbocycles. The van der Waals surface area contributed by atoms with Crippen LogP contribution in [0, 0.1) is 0 Å². The third-order valence-electron chi connectivity index (χ3n) is 6.24. The van der Waals surface area contributed by atoms with E-state index in [9.17, 15) is 14.4 Å². The van der Waals surface area contributed by atoms with Crippen LogP contribution in [0.15, 0.2) is 76.2 Å². The van der Waals surface area contributed by atoms with Crippen molar-refractivity contribution >= 4 is 29.4 Å². The summed E-state index contributed by atoms with van der Waals surface area (Å²) in [5.41, 5.74) is 1.62. The predicted octanol–water partition coefficient (Wildman–Crippen LogP) is 3.31. The van der Waals surface area contributed by atoms with Crippen molar-refractivity contribution < 1.29 is 33.3 Å². The molecule has 4 rings (SSSR count). The van der Waals surface area contributed by atoms with Crippen LogP contribution in [0.4, 0.5) is 0 Å². The van der Waals surface area contributed by atoms with Crippen molar-refractivity contribution in [2.45, 2.75) is 26.8 Å². The van der Waals surface area contributed by atoms with E-state index in [4.69, 9.17) is 18.9 Å². The average Bonchev–Trinajstić information content (AvgIpc) is 3.29. The molecule has 1 atom stereocenters. The van der Waals surface area contributed by atoms with Crippen LogP contribution in [0.3, 0.4) is 0 Å². The largest absolute Gasteiger partial charge is 0.490 e. The Kier molecular flexibility index (Phi) is 9.98. The van der Waals surface area contributed by atoms with Gasteiger partial charge < -0.3 is 23.7 Å². The molecule has 0 bridgehead atoms. The molecule has 3 aromatic rings. The number of hydrogen-bond acceptors (Lipinski definition) is 10. The first-order valence-corrected chi connectivity index (χ1v) is 14.1. The van der Waals surface area contributed by atoms with E-state index in [0.717, 1.165) is 0 Å². The van der Waals surface area contributed by atoms with Crippen LogP contribution in [0.1, 0.15) is 37.9 Å². The van der Waals surface area contributed by atoms with Crippen molar-refractivity contribution in [3.63, 3.8) is 0 Å². The molecule has 0 unspecified atom stereocenters. The van der Waals surface area contributed by atoms with E-state index in [-0.39, 0.29) is 24.3 Å². The Hall–Kier alpha value is -4.64. The minimum Gasteiger partial charge on any atom is -0.490 e. The van der Waals surface area contributed by atoms with Gasteiger partial charge in [0, 0.05) is 5.56 Å². The zero-order valence-corrected chi connectivity index (χ0v) is 24.7. The molecular weight excluding hydrogens is 560 g/mol. The fraction of sp³-hybridized carbons (Fsp3) is 0.290. The number of allylic oxidation sites excluding steroid dienone is 1. The summed E-state index contributed by atoms with van der Waals surface area (Å²) in [5, 5.41) is 0. The molecule has 0 radical (unpaired) electrons. The van der Waals surface area contributed by atoms with Crippen LogP contribution < -0.4 is 29.1 Å². The molecule has 0 aliphatic carbocycles. The van der Waals surface area contributed by atoms with Gasteiger partial charge in [0.05, 0.1) is 42.2 Å². The zero-order valence-electron chi connectivity index (χ0n) is 23.9. The van der Waals surface area contributed by atoms with Crippen molar-refractivity contribution in [3.05, 3.63) is 97.2 Å². The normalized spacial score (nSPS) is 14.5. The lowest BCUT2D eigenvalue weighted by atomic mass is 9.95. The summed E-state index contributed by atoms with van der Waals surface area (Å²) >= 11 is 1.21. The van der Waals surface area contributed by atoms with Gasteiger partial charge in [-0.25, -0.2) is 14.6 Å². The van der Waals surface area contributed by atoms with Crippen LogP contribution in [0.25, 0.3) is 6.08 Å².